The lowest BCUT2D eigenvalue weighted by atomic mass is 10.0. The first-order valence-corrected chi connectivity index (χ1v) is 37.8. The molecule has 2 unspecified atom stereocenters. The summed E-state index contributed by atoms with van der Waals surface area (Å²) in [4.78, 5) is 24.6. The number of aliphatic hydroxyl groups excluding tert-OH is 2. The highest BCUT2D eigenvalue weighted by atomic mass is 16.5. The monoisotopic (exact) mass is 1140 g/mol. The van der Waals surface area contributed by atoms with Crippen molar-refractivity contribution in [2.24, 2.45) is 0 Å². The maximum Gasteiger partial charge on any atom is 0.305 e. The number of nitrogens with one attached hydrogen (secondary N) is 1. The Labute approximate surface area is 508 Å². The Balaban J connectivity index is 3.28. The van der Waals surface area contributed by atoms with E-state index >= 15 is 0 Å². The van der Waals surface area contributed by atoms with E-state index in [1.807, 2.05) is 0 Å². The molecule has 0 rings (SSSR count). The number of aliphatic hydroxyl groups is 2. The molecule has 6 heteroatoms. The van der Waals surface area contributed by atoms with E-state index in [0.29, 0.717) is 25.9 Å². The zero-order chi connectivity index (χ0) is 58.5. The van der Waals surface area contributed by atoms with E-state index in [1.165, 1.54) is 372 Å². The van der Waals surface area contributed by atoms with Crippen LogP contribution in [-0.2, 0) is 14.3 Å². The summed E-state index contributed by atoms with van der Waals surface area (Å²) >= 11 is 0. The molecule has 0 aliphatic carbocycles. The van der Waals surface area contributed by atoms with E-state index in [2.05, 4.69) is 19.2 Å². The summed E-state index contributed by atoms with van der Waals surface area (Å²) in [5, 5.41) is 23.3. The highest BCUT2D eigenvalue weighted by Gasteiger charge is 2.20. The summed E-state index contributed by atoms with van der Waals surface area (Å²) in [7, 11) is 0. The van der Waals surface area contributed by atoms with Gasteiger partial charge in [0.15, 0.2) is 0 Å². The Hall–Kier alpha value is -1.14. The van der Waals surface area contributed by atoms with Crippen molar-refractivity contribution >= 4 is 11.9 Å². The molecular weight excluding hydrogens is 995 g/mol. The van der Waals surface area contributed by atoms with Crippen LogP contribution in [0.3, 0.4) is 0 Å². The lowest BCUT2D eigenvalue weighted by molar-refractivity contribution is -0.143. The van der Waals surface area contributed by atoms with E-state index in [9.17, 15) is 19.8 Å². The topological polar surface area (TPSA) is 95.9 Å². The first-order chi connectivity index (χ1) is 40.0. The summed E-state index contributed by atoms with van der Waals surface area (Å²) in [6.45, 7) is 5.01. The van der Waals surface area contributed by atoms with Gasteiger partial charge in [0, 0.05) is 12.8 Å². The number of esters is 1. The SMILES string of the molecule is CCCCCCCCCCCCCCCCCCCCC(=O)OCCCCCCCCCCCCCCCCCCCCCCCCCCCCCCCCCCC(=O)NC(CO)C(O)CCCCCCCCCCCCCCCC. The van der Waals surface area contributed by atoms with E-state index in [1.54, 1.807) is 0 Å². The number of rotatable bonds is 72. The Kier molecular flexibility index (Phi) is 70.3. The number of hydrogen-bond acceptors (Lipinski definition) is 5. The minimum absolute atomic E-state index is 0.0268. The molecule has 0 spiro atoms. The highest BCUT2D eigenvalue weighted by molar-refractivity contribution is 5.76. The Morgan fingerprint density at radius 3 is 0.753 bits per heavy atom. The fraction of sp³-hybridized carbons (Fsp3) is 0.973. The molecule has 1 amide bonds. The molecule has 81 heavy (non-hydrogen) atoms. The first kappa shape index (κ1) is 79.9. The van der Waals surface area contributed by atoms with Gasteiger partial charge in [-0.25, -0.2) is 0 Å². The summed E-state index contributed by atoms with van der Waals surface area (Å²) in [5.41, 5.74) is 0. The largest absolute Gasteiger partial charge is 0.466 e. The van der Waals surface area contributed by atoms with Gasteiger partial charge in [0.2, 0.25) is 5.91 Å². The zero-order valence-corrected chi connectivity index (χ0v) is 55.6. The minimum atomic E-state index is -0.659. The zero-order valence-electron chi connectivity index (χ0n) is 55.6. The average molecular weight is 1150 g/mol. The summed E-state index contributed by atoms with van der Waals surface area (Å²) in [6, 6.07) is -0.536. The van der Waals surface area contributed by atoms with Crippen molar-refractivity contribution in [1.29, 1.82) is 0 Å². The molecule has 0 saturated carbocycles. The van der Waals surface area contributed by atoms with Gasteiger partial charge in [0.05, 0.1) is 25.4 Å². The average Bonchev–Trinajstić information content (AvgIpc) is 3.47. The van der Waals surface area contributed by atoms with Gasteiger partial charge in [0.1, 0.15) is 0 Å². The number of carbonyl (C=O) groups excluding carboxylic acids is 2. The second kappa shape index (κ2) is 71.3. The van der Waals surface area contributed by atoms with Crippen LogP contribution in [0.25, 0.3) is 0 Å². The van der Waals surface area contributed by atoms with E-state index in [0.717, 1.165) is 38.5 Å². The van der Waals surface area contributed by atoms with Crippen LogP contribution in [0.4, 0.5) is 0 Å². The Morgan fingerprint density at radius 2 is 0.506 bits per heavy atom. The Bertz CT molecular complexity index is 1180. The van der Waals surface area contributed by atoms with Crippen molar-refractivity contribution in [3.8, 4) is 0 Å². The molecule has 0 aromatic carbocycles. The number of unbranched alkanes of at least 4 members (excludes halogenated alkanes) is 61. The molecule has 0 fully saturated rings. The summed E-state index contributed by atoms with van der Waals surface area (Å²) < 4.78 is 5.52. The molecule has 484 valence electrons. The lowest BCUT2D eigenvalue weighted by Crippen LogP contribution is -2.45. The number of hydrogen-bond donors (Lipinski definition) is 3. The fourth-order valence-electron chi connectivity index (χ4n) is 12.4. The molecule has 0 aromatic rings. The molecule has 0 bridgehead atoms. The Morgan fingerprint density at radius 1 is 0.296 bits per heavy atom. The van der Waals surface area contributed by atoms with Gasteiger partial charge >= 0.3 is 5.97 Å². The smallest absolute Gasteiger partial charge is 0.305 e. The van der Waals surface area contributed by atoms with E-state index in [4.69, 9.17) is 4.74 Å². The maximum absolute atomic E-state index is 12.5. The van der Waals surface area contributed by atoms with Crippen LogP contribution in [0.15, 0.2) is 0 Å². The second-order valence-electron chi connectivity index (χ2n) is 26.4. The normalized spacial score (nSPS) is 12.4. The van der Waals surface area contributed by atoms with Gasteiger partial charge < -0.3 is 20.3 Å². The van der Waals surface area contributed by atoms with Crippen molar-refractivity contribution in [1.82, 2.24) is 5.32 Å². The van der Waals surface area contributed by atoms with Gasteiger partial charge in [-0.05, 0) is 25.7 Å². The minimum Gasteiger partial charge on any atom is -0.466 e. The van der Waals surface area contributed by atoms with Gasteiger partial charge in [-0.3, -0.25) is 9.59 Å². The molecule has 3 N–H and O–H groups in total. The number of amides is 1. The van der Waals surface area contributed by atoms with Crippen LogP contribution in [0.5, 0.6) is 0 Å². The van der Waals surface area contributed by atoms with Crippen molar-refractivity contribution in [3.63, 3.8) is 0 Å². The molecule has 2 atom stereocenters. The third-order valence-corrected chi connectivity index (χ3v) is 18.2. The van der Waals surface area contributed by atoms with Crippen LogP contribution < -0.4 is 5.32 Å². The predicted octanol–water partition coefficient (Wildman–Crippen LogP) is 24.5. The summed E-state index contributed by atoms with van der Waals surface area (Å²) in [5.74, 6) is 0.000180. The lowest BCUT2D eigenvalue weighted by Gasteiger charge is -2.22. The van der Waals surface area contributed by atoms with Crippen molar-refractivity contribution in [2.45, 2.75) is 456 Å². The molecule has 0 heterocycles. The third-order valence-electron chi connectivity index (χ3n) is 18.2. The molecule has 6 nitrogen and oxygen atoms in total. The van der Waals surface area contributed by atoms with Crippen LogP contribution >= 0.6 is 0 Å². The summed E-state index contributed by atoms with van der Waals surface area (Å²) in [6.07, 6.45) is 87.6. The van der Waals surface area contributed by atoms with Crippen molar-refractivity contribution < 1.29 is 24.5 Å². The standard InChI is InChI=1S/C75H149NO5/c1-3-5-7-9-11-13-15-17-19-20-38-41-45-49-53-57-61-65-69-75(80)81-70-66-62-58-54-50-46-42-39-36-34-32-30-28-26-24-22-21-23-25-27-29-31-33-35-37-40-44-48-52-56-60-64-68-74(79)76-72(71-77)73(78)67-63-59-55-51-47-43-18-16-14-12-10-8-6-4-2/h72-73,77-78H,3-71H2,1-2H3,(H,76,79). The van der Waals surface area contributed by atoms with Crippen molar-refractivity contribution in [3.05, 3.63) is 0 Å². The van der Waals surface area contributed by atoms with Gasteiger partial charge in [0.25, 0.3) is 0 Å². The first-order valence-electron chi connectivity index (χ1n) is 37.8. The molecule has 0 radical (unpaired) electrons. The number of ether oxygens (including phenoxy) is 1. The van der Waals surface area contributed by atoms with Crippen LogP contribution in [0.2, 0.25) is 0 Å². The highest BCUT2D eigenvalue weighted by Crippen LogP contribution is 2.20. The van der Waals surface area contributed by atoms with Crippen LogP contribution in [-0.4, -0.2) is 47.4 Å². The molecule has 0 aromatic heterocycles. The van der Waals surface area contributed by atoms with E-state index in [-0.39, 0.29) is 18.5 Å². The second-order valence-corrected chi connectivity index (χ2v) is 26.4. The predicted molar refractivity (Wildman–Crippen MR) is 357 cm³/mol. The number of carbonyl (C=O) groups is 2. The van der Waals surface area contributed by atoms with Gasteiger partial charge in [-0.2, -0.15) is 0 Å². The van der Waals surface area contributed by atoms with Crippen LogP contribution in [0, 0.1) is 0 Å². The quantitative estimate of drug-likeness (QED) is 0.0417. The molecule has 0 aliphatic rings. The molecular formula is C75H149NO5. The molecule has 0 saturated heterocycles. The van der Waals surface area contributed by atoms with Crippen molar-refractivity contribution in [2.75, 3.05) is 13.2 Å². The fourth-order valence-corrected chi connectivity index (χ4v) is 12.4. The van der Waals surface area contributed by atoms with Crippen LogP contribution in [0.1, 0.15) is 444 Å². The maximum atomic E-state index is 12.5. The van der Waals surface area contributed by atoms with E-state index < -0.39 is 12.1 Å². The van der Waals surface area contributed by atoms with Gasteiger partial charge in [-0.15, -0.1) is 0 Å². The van der Waals surface area contributed by atoms with Gasteiger partial charge in [-0.1, -0.05) is 406 Å². The molecule has 0 aliphatic heterocycles. The third kappa shape index (κ3) is 67.9.